The fraction of sp³-hybridized carbons (Fsp3) is 0.231. The normalized spacial score (nSPS) is 10.9. The van der Waals surface area contributed by atoms with Gasteiger partial charge in [0.05, 0.1) is 6.54 Å². The van der Waals surface area contributed by atoms with Crippen LogP contribution in [0.2, 0.25) is 0 Å². The van der Waals surface area contributed by atoms with Crippen LogP contribution in [0.5, 0.6) is 0 Å². The van der Waals surface area contributed by atoms with Crippen molar-refractivity contribution in [1.29, 1.82) is 0 Å². The summed E-state index contributed by atoms with van der Waals surface area (Å²) in [6.45, 7) is 7.31. The van der Waals surface area contributed by atoms with Crippen LogP contribution in [0.15, 0.2) is 39.7 Å². The van der Waals surface area contributed by atoms with Gasteiger partial charge in [-0.3, -0.25) is 0 Å². The number of furan rings is 1. The van der Waals surface area contributed by atoms with Gasteiger partial charge in [-0.25, -0.2) is 0 Å². The highest BCUT2D eigenvalue weighted by molar-refractivity contribution is 9.11. The molecule has 2 nitrogen and oxygen atoms in total. The van der Waals surface area contributed by atoms with Crippen LogP contribution in [0.25, 0.3) is 11.0 Å². The quantitative estimate of drug-likeness (QED) is 0.923. The van der Waals surface area contributed by atoms with Gasteiger partial charge in [0.25, 0.3) is 0 Å². The van der Waals surface area contributed by atoms with E-state index in [1.54, 1.807) is 0 Å². The minimum absolute atomic E-state index is 0.721. The molecule has 0 aliphatic carbocycles. The summed E-state index contributed by atoms with van der Waals surface area (Å²) in [4.78, 5) is 0. The predicted octanol–water partition coefficient (Wildman–Crippen LogP) is 3.74. The highest BCUT2D eigenvalue weighted by Gasteiger charge is 2.03. The Bertz CT molecular complexity index is 516. The minimum atomic E-state index is 0.721. The fourth-order valence-electron chi connectivity index (χ4n) is 1.63. The summed E-state index contributed by atoms with van der Waals surface area (Å²) in [5.74, 6) is 0.953. The number of hydrogen-bond donors (Lipinski definition) is 1. The van der Waals surface area contributed by atoms with Crippen molar-refractivity contribution in [3.8, 4) is 0 Å². The van der Waals surface area contributed by atoms with Crippen LogP contribution < -0.4 is 5.32 Å². The summed E-state index contributed by atoms with van der Waals surface area (Å²) in [5.41, 5.74) is 2.20. The van der Waals surface area contributed by atoms with Crippen LogP contribution in [0.3, 0.4) is 0 Å². The smallest absolute Gasteiger partial charge is 0.134 e. The highest BCUT2D eigenvalue weighted by Crippen LogP contribution is 2.20. The molecular weight excluding hydrogens is 266 g/mol. The van der Waals surface area contributed by atoms with Crippen LogP contribution in [0.1, 0.15) is 11.3 Å². The number of benzene rings is 1. The first-order valence-corrected chi connectivity index (χ1v) is 5.97. The molecule has 1 aromatic heterocycles. The summed E-state index contributed by atoms with van der Waals surface area (Å²) in [7, 11) is 0. The van der Waals surface area contributed by atoms with Crippen molar-refractivity contribution < 1.29 is 4.42 Å². The van der Waals surface area contributed by atoms with E-state index in [1.165, 1.54) is 5.56 Å². The number of hydrogen-bond acceptors (Lipinski definition) is 2. The first-order valence-electron chi connectivity index (χ1n) is 5.18. The van der Waals surface area contributed by atoms with E-state index in [0.717, 1.165) is 34.3 Å². The Labute approximate surface area is 103 Å². The Morgan fingerprint density at radius 3 is 3.00 bits per heavy atom. The zero-order valence-electron chi connectivity index (χ0n) is 9.22. The molecule has 0 saturated carbocycles. The molecule has 1 heterocycles. The zero-order chi connectivity index (χ0) is 11.5. The molecule has 0 amide bonds. The molecule has 0 atom stereocenters. The average Bonchev–Trinajstić information content (AvgIpc) is 2.58. The van der Waals surface area contributed by atoms with E-state index < -0.39 is 0 Å². The maximum absolute atomic E-state index is 5.70. The van der Waals surface area contributed by atoms with Gasteiger partial charge in [0, 0.05) is 16.4 Å². The summed E-state index contributed by atoms with van der Waals surface area (Å²) in [6.07, 6.45) is 0. The second kappa shape index (κ2) is 4.85. The van der Waals surface area contributed by atoms with E-state index in [2.05, 4.69) is 52.9 Å². The van der Waals surface area contributed by atoms with Crippen LogP contribution in [-0.4, -0.2) is 6.54 Å². The van der Waals surface area contributed by atoms with Crippen molar-refractivity contribution in [2.24, 2.45) is 0 Å². The van der Waals surface area contributed by atoms with Gasteiger partial charge < -0.3 is 9.73 Å². The first-order chi connectivity index (χ1) is 7.65. The third kappa shape index (κ3) is 2.74. The molecule has 0 radical (unpaired) electrons. The van der Waals surface area contributed by atoms with E-state index in [1.807, 2.05) is 6.07 Å². The molecule has 0 unspecified atom stereocenters. The maximum atomic E-state index is 5.70. The van der Waals surface area contributed by atoms with Crippen molar-refractivity contribution in [1.82, 2.24) is 5.32 Å². The van der Waals surface area contributed by atoms with Gasteiger partial charge in [0.1, 0.15) is 11.3 Å². The average molecular weight is 280 g/mol. The summed E-state index contributed by atoms with van der Waals surface area (Å²) < 4.78 is 6.64. The molecule has 0 fully saturated rings. The van der Waals surface area contributed by atoms with E-state index in [0.29, 0.717) is 0 Å². The van der Waals surface area contributed by atoms with Crippen LogP contribution in [-0.2, 0) is 6.54 Å². The van der Waals surface area contributed by atoms with Crippen LogP contribution in [0.4, 0.5) is 0 Å². The Kier molecular flexibility index (Phi) is 3.46. The Hall–Kier alpha value is -1.06. The lowest BCUT2D eigenvalue weighted by molar-refractivity contribution is 0.524. The SMILES string of the molecule is C=C(Br)CNCc1cc2cc(C)ccc2o1. The van der Waals surface area contributed by atoms with E-state index in [9.17, 15) is 0 Å². The largest absolute Gasteiger partial charge is 0.460 e. The Balaban J connectivity index is 2.10. The lowest BCUT2D eigenvalue weighted by atomic mass is 10.2. The molecule has 0 spiro atoms. The number of nitrogens with one attached hydrogen (secondary N) is 1. The Morgan fingerprint density at radius 2 is 2.25 bits per heavy atom. The maximum Gasteiger partial charge on any atom is 0.134 e. The van der Waals surface area contributed by atoms with E-state index in [4.69, 9.17) is 4.42 Å². The topological polar surface area (TPSA) is 25.2 Å². The molecule has 0 saturated heterocycles. The number of fused-ring (bicyclic) bond motifs is 1. The van der Waals surface area contributed by atoms with Gasteiger partial charge in [-0.2, -0.15) is 0 Å². The summed E-state index contributed by atoms with van der Waals surface area (Å²) in [5, 5.41) is 4.40. The Morgan fingerprint density at radius 1 is 1.44 bits per heavy atom. The lowest BCUT2D eigenvalue weighted by Crippen LogP contribution is -2.13. The van der Waals surface area contributed by atoms with Crippen molar-refractivity contribution in [2.75, 3.05) is 6.54 Å². The summed E-state index contributed by atoms with van der Waals surface area (Å²) in [6, 6.07) is 8.28. The number of halogens is 1. The molecule has 16 heavy (non-hydrogen) atoms. The van der Waals surface area contributed by atoms with Crippen molar-refractivity contribution in [3.05, 3.63) is 46.7 Å². The minimum Gasteiger partial charge on any atom is -0.460 e. The number of rotatable bonds is 4. The van der Waals surface area contributed by atoms with Crippen LogP contribution in [0, 0.1) is 6.92 Å². The van der Waals surface area contributed by atoms with Crippen molar-refractivity contribution in [3.63, 3.8) is 0 Å². The number of aryl methyl sites for hydroxylation is 1. The molecule has 0 bridgehead atoms. The molecule has 0 aliphatic heterocycles. The van der Waals surface area contributed by atoms with E-state index in [-0.39, 0.29) is 0 Å². The fourth-order valence-corrected chi connectivity index (χ4v) is 1.82. The molecule has 0 aliphatic rings. The van der Waals surface area contributed by atoms with Crippen molar-refractivity contribution in [2.45, 2.75) is 13.5 Å². The van der Waals surface area contributed by atoms with Crippen LogP contribution >= 0.6 is 15.9 Å². The summed E-state index contributed by atoms with van der Waals surface area (Å²) >= 11 is 3.30. The first kappa shape index (κ1) is 11.4. The van der Waals surface area contributed by atoms with Gasteiger partial charge in [0.2, 0.25) is 0 Å². The predicted molar refractivity (Wildman–Crippen MR) is 70.7 cm³/mol. The van der Waals surface area contributed by atoms with Crippen molar-refractivity contribution >= 4 is 26.9 Å². The molecule has 1 aromatic carbocycles. The molecule has 1 N–H and O–H groups in total. The molecular formula is C13H14BrNO. The molecule has 3 heteroatoms. The monoisotopic (exact) mass is 279 g/mol. The van der Waals surface area contributed by atoms with Gasteiger partial charge in [-0.05, 0) is 25.1 Å². The lowest BCUT2D eigenvalue weighted by Gasteiger charge is -1.99. The third-order valence-electron chi connectivity index (χ3n) is 2.34. The second-order valence-corrected chi connectivity index (χ2v) is 5.00. The highest BCUT2D eigenvalue weighted by atomic mass is 79.9. The molecule has 2 rings (SSSR count). The third-order valence-corrected chi connectivity index (χ3v) is 2.62. The van der Waals surface area contributed by atoms with Gasteiger partial charge in [0.15, 0.2) is 0 Å². The van der Waals surface area contributed by atoms with E-state index >= 15 is 0 Å². The molecule has 84 valence electrons. The zero-order valence-corrected chi connectivity index (χ0v) is 10.8. The van der Waals surface area contributed by atoms with Gasteiger partial charge in [-0.15, -0.1) is 0 Å². The van der Waals surface area contributed by atoms with Gasteiger partial charge >= 0.3 is 0 Å². The standard InChI is InChI=1S/C13H14BrNO/c1-9-3-4-13-11(5-9)6-12(16-13)8-15-7-10(2)14/h3-6,15H,2,7-8H2,1H3. The van der Waals surface area contributed by atoms with Gasteiger partial charge in [-0.1, -0.05) is 34.1 Å². The second-order valence-electron chi connectivity index (χ2n) is 3.87. The molecule has 2 aromatic rings.